The van der Waals surface area contributed by atoms with Crippen LogP contribution in [0.4, 0.5) is 10.6 Å². The summed E-state index contributed by atoms with van der Waals surface area (Å²) in [6, 6.07) is 5.54. The molecule has 1 aromatic rings. The average molecular weight is 344 g/mol. The lowest BCUT2D eigenvalue weighted by Gasteiger charge is -2.36. The number of ether oxygens (including phenoxy) is 1. The Morgan fingerprint density at radius 2 is 1.96 bits per heavy atom. The molecular weight excluding hydrogens is 320 g/mol. The maximum absolute atomic E-state index is 12.7. The van der Waals surface area contributed by atoms with Crippen molar-refractivity contribution in [3.8, 4) is 0 Å². The summed E-state index contributed by atoms with van der Waals surface area (Å²) in [5.41, 5.74) is 0.998. The van der Waals surface area contributed by atoms with Crippen LogP contribution in [0.5, 0.6) is 0 Å². The van der Waals surface area contributed by atoms with E-state index in [2.05, 4.69) is 9.88 Å². The molecule has 3 fully saturated rings. The van der Waals surface area contributed by atoms with Gasteiger partial charge in [-0.15, -0.1) is 0 Å². The zero-order valence-electron chi connectivity index (χ0n) is 14.7. The second-order valence-corrected chi connectivity index (χ2v) is 7.11. The van der Waals surface area contributed by atoms with Crippen molar-refractivity contribution in [2.24, 2.45) is 0 Å². The van der Waals surface area contributed by atoms with E-state index >= 15 is 0 Å². The first-order valence-electron chi connectivity index (χ1n) is 8.93. The van der Waals surface area contributed by atoms with E-state index in [-0.39, 0.29) is 30.1 Å². The van der Waals surface area contributed by atoms with Crippen molar-refractivity contribution in [1.29, 1.82) is 0 Å². The molecule has 3 aliphatic heterocycles. The molecule has 3 saturated heterocycles. The Labute approximate surface area is 147 Å². The molecule has 0 saturated carbocycles. The Hall–Kier alpha value is -2.15. The maximum atomic E-state index is 12.7. The van der Waals surface area contributed by atoms with Gasteiger partial charge in [-0.2, -0.15) is 0 Å². The van der Waals surface area contributed by atoms with Crippen molar-refractivity contribution in [2.45, 2.75) is 44.4 Å². The number of piperidine rings is 1. The third kappa shape index (κ3) is 2.76. The number of urea groups is 1. The lowest BCUT2D eigenvalue weighted by molar-refractivity contribution is -0.130. The number of rotatable bonds is 3. The first-order valence-corrected chi connectivity index (χ1v) is 8.93. The third-order valence-corrected chi connectivity index (χ3v) is 5.60. The van der Waals surface area contributed by atoms with Gasteiger partial charge in [-0.1, -0.05) is 6.07 Å². The lowest BCUT2D eigenvalue weighted by atomic mass is 10.0. The van der Waals surface area contributed by atoms with Crippen LogP contribution >= 0.6 is 0 Å². The molecule has 0 aliphatic carbocycles. The summed E-state index contributed by atoms with van der Waals surface area (Å²) in [6.45, 7) is 4.12. The Bertz CT molecular complexity index is 663. The van der Waals surface area contributed by atoms with E-state index < -0.39 is 0 Å². The topological polar surface area (TPSA) is 66.0 Å². The number of amides is 3. The fourth-order valence-electron chi connectivity index (χ4n) is 4.20. The number of carbonyl (C=O) groups is 2. The molecule has 7 heteroatoms. The van der Waals surface area contributed by atoms with Gasteiger partial charge in [0.25, 0.3) is 5.91 Å². The highest BCUT2D eigenvalue weighted by atomic mass is 16.5. The van der Waals surface area contributed by atoms with Crippen LogP contribution in [-0.2, 0) is 9.53 Å². The van der Waals surface area contributed by atoms with Crippen molar-refractivity contribution in [1.82, 2.24) is 14.8 Å². The van der Waals surface area contributed by atoms with E-state index in [4.69, 9.17) is 4.74 Å². The normalized spacial score (nSPS) is 27.4. The van der Waals surface area contributed by atoms with Gasteiger partial charge in [0.1, 0.15) is 11.9 Å². The fourth-order valence-corrected chi connectivity index (χ4v) is 4.20. The Balaban J connectivity index is 1.42. The van der Waals surface area contributed by atoms with Gasteiger partial charge in [-0.25, -0.2) is 9.78 Å². The molecule has 3 aliphatic rings. The Kier molecular flexibility index (Phi) is 4.11. The Morgan fingerprint density at radius 3 is 2.60 bits per heavy atom. The number of aryl methyl sites for hydroxylation is 1. The summed E-state index contributed by atoms with van der Waals surface area (Å²) in [6.07, 6.45) is 2.18. The highest BCUT2D eigenvalue weighted by Gasteiger charge is 2.52. The number of carbonyl (C=O) groups excluding carboxylic acids is 2. The van der Waals surface area contributed by atoms with E-state index in [0.717, 1.165) is 37.4 Å². The van der Waals surface area contributed by atoms with Crippen molar-refractivity contribution < 1.29 is 14.3 Å². The molecule has 4 heterocycles. The second-order valence-electron chi connectivity index (χ2n) is 7.11. The van der Waals surface area contributed by atoms with Gasteiger partial charge < -0.3 is 14.5 Å². The van der Waals surface area contributed by atoms with Gasteiger partial charge in [-0.05, 0) is 31.9 Å². The molecule has 0 aromatic carbocycles. The second kappa shape index (κ2) is 6.29. The first-order chi connectivity index (χ1) is 12.1. The van der Waals surface area contributed by atoms with E-state index in [1.165, 1.54) is 4.90 Å². The number of anilines is 1. The van der Waals surface area contributed by atoms with E-state index in [0.29, 0.717) is 13.0 Å². The van der Waals surface area contributed by atoms with Gasteiger partial charge in [-0.3, -0.25) is 9.69 Å². The van der Waals surface area contributed by atoms with Crippen molar-refractivity contribution in [3.05, 3.63) is 23.9 Å². The number of methoxy groups -OCH3 is 1. The molecule has 0 bridgehead atoms. The number of hydrogen-bond acceptors (Lipinski definition) is 5. The van der Waals surface area contributed by atoms with Crippen LogP contribution in [0, 0.1) is 6.92 Å². The predicted octanol–water partition coefficient (Wildman–Crippen LogP) is 1.41. The summed E-state index contributed by atoms with van der Waals surface area (Å²) in [5, 5.41) is 0. The molecule has 0 spiro atoms. The summed E-state index contributed by atoms with van der Waals surface area (Å²) in [7, 11) is 1.63. The van der Waals surface area contributed by atoms with E-state index in [1.54, 1.807) is 12.0 Å². The zero-order valence-corrected chi connectivity index (χ0v) is 14.7. The molecule has 134 valence electrons. The predicted molar refractivity (Wildman–Crippen MR) is 92.4 cm³/mol. The minimum Gasteiger partial charge on any atom is -0.380 e. The number of nitrogens with zero attached hydrogens (tertiary/aromatic N) is 4. The van der Waals surface area contributed by atoms with Gasteiger partial charge >= 0.3 is 6.03 Å². The standard InChI is InChI=1S/C18H24N4O3/c1-12-4-3-5-16(19-12)20-8-6-13(7-9-20)22-17(23)15-10-14(25-2)11-21(15)18(22)24/h3-5,13-15H,6-11H2,1-2H3/t14-,15-/m0/s1. The summed E-state index contributed by atoms with van der Waals surface area (Å²) in [5.74, 6) is 0.928. The van der Waals surface area contributed by atoms with Crippen molar-refractivity contribution in [3.63, 3.8) is 0 Å². The molecule has 1 aromatic heterocycles. The van der Waals surface area contributed by atoms with Crippen LogP contribution in [0.1, 0.15) is 25.0 Å². The van der Waals surface area contributed by atoms with Crippen LogP contribution < -0.4 is 4.90 Å². The fraction of sp³-hybridized carbons (Fsp3) is 0.611. The maximum Gasteiger partial charge on any atom is 0.327 e. The molecule has 7 nitrogen and oxygen atoms in total. The van der Waals surface area contributed by atoms with Crippen LogP contribution in [0.2, 0.25) is 0 Å². The van der Waals surface area contributed by atoms with Crippen LogP contribution in [0.25, 0.3) is 0 Å². The van der Waals surface area contributed by atoms with Gasteiger partial charge in [0.2, 0.25) is 0 Å². The van der Waals surface area contributed by atoms with Crippen LogP contribution in [-0.4, -0.2) is 71.7 Å². The van der Waals surface area contributed by atoms with Crippen molar-refractivity contribution in [2.75, 3.05) is 31.6 Å². The molecular formula is C18H24N4O3. The minimum absolute atomic E-state index is 0.00680. The molecule has 0 unspecified atom stereocenters. The molecule has 3 amide bonds. The quantitative estimate of drug-likeness (QED) is 0.776. The average Bonchev–Trinajstić information content (AvgIpc) is 3.15. The van der Waals surface area contributed by atoms with Crippen LogP contribution in [0.3, 0.4) is 0 Å². The minimum atomic E-state index is -0.325. The first kappa shape index (κ1) is 16.3. The summed E-state index contributed by atoms with van der Waals surface area (Å²) in [4.78, 5) is 35.4. The number of imide groups is 1. The van der Waals surface area contributed by atoms with Crippen LogP contribution in [0.15, 0.2) is 18.2 Å². The molecule has 4 rings (SSSR count). The number of fused-ring (bicyclic) bond motifs is 1. The van der Waals surface area contributed by atoms with Gasteiger partial charge in [0.05, 0.1) is 6.10 Å². The number of hydrogen-bond donors (Lipinski definition) is 0. The highest BCUT2D eigenvalue weighted by molar-refractivity contribution is 6.05. The smallest absolute Gasteiger partial charge is 0.327 e. The lowest BCUT2D eigenvalue weighted by Crippen LogP contribution is -2.49. The largest absolute Gasteiger partial charge is 0.380 e. The van der Waals surface area contributed by atoms with Crippen molar-refractivity contribution >= 4 is 17.8 Å². The zero-order chi connectivity index (χ0) is 17.6. The number of aromatic nitrogens is 1. The number of pyridine rings is 1. The monoisotopic (exact) mass is 344 g/mol. The Morgan fingerprint density at radius 1 is 1.20 bits per heavy atom. The van der Waals surface area contributed by atoms with E-state index in [1.807, 2.05) is 25.1 Å². The highest BCUT2D eigenvalue weighted by Crippen LogP contribution is 2.33. The molecule has 0 radical (unpaired) electrons. The SMILES string of the molecule is CO[C@H]1C[C@H]2C(=O)N(C3CCN(c4cccc(C)n4)CC3)C(=O)N2C1. The van der Waals surface area contributed by atoms with Gasteiger partial charge in [0.15, 0.2) is 0 Å². The summed E-state index contributed by atoms with van der Waals surface area (Å²) >= 11 is 0. The third-order valence-electron chi connectivity index (χ3n) is 5.60. The molecule has 0 N–H and O–H groups in total. The van der Waals surface area contributed by atoms with E-state index in [9.17, 15) is 9.59 Å². The molecule has 25 heavy (non-hydrogen) atoms. The van der Waals surface area contributed by atoms with Gasteiger partial charge in [0, 0.05) is 44.9 Å². The molecule has 2 atom stereocenters. The summed E-state index contributed by atoms with van der Waals surface area (Å²) < 4.78 is 5.32.